The van der Waals surface area contributed by atoms with Crippen LogP contribution in [-0.4, -0.2) is 22.5 Å². The Bertz CT molecular complexity index is 1140. The molecular weight excluding hydrogens is 362 g/mol. The van der Waals surface area contributed by atoms with E-state index in [1.165, 1.54) is 0 Å². The summed E-state index contributed by atoms with van der Waals surface area (Å²) in [5.41, 5.74) is 3.96. The fourth-order valence-electron chi connectivity index (χ4n) is 3.20. The van der Waals surface area contributed by atoms with Crippen molar-refractivity contribution >= 4 is 16.8 Å². The van der Waals surface area contributed by atoms with Crippen molar-refractivity contribution in [2.75, 3.05) is 6.61 Å². The summed E-state index contributed by atoms with van der Waals surface area (Å²) in [6.45, 7) is 2.96. The Kier molecular flexibility index (Phi) is 5.47. The third kappa shape index (κ3) is 4.24. The van der Waals surface area contributed by atoms with Gasteiger partial charge in [-0.2, -0.15) is 0 Å². The van der Waals surface area contributed by atoms with Crippen LogP contribution in [0.3, 0.4) is 0 Å². The normalized spacial score (nSPS) is 10.7. The number of aromatic nitrogens is 2. The Labute approximate surface area is 169 Å². The third-order valence-electron chi connectivity index (χ3n) is 4.58. The van der Waals surface area contributed by atoms with E-state index in [1.54, 1.807) is 12.4 Å². The summed E-state index contributed by atoms with van der Waals surface area (Å²) < 4.78 is 5.61. The highest BCUT2D eigenvalue weighted by Gasteiger charge is 2.14. The topological polar surface area (TPSA) is 64.1 Å². The zero-order chi connectivity index (χ0) is 20.1. The Morgan fingerprint density at radius 1 is 1.03 bits per heavy atom. The van der Waals surface area contributed by atoms with Crippen molar-refractivity contribution in [3.05, 3.63) is 90.3 Å². The van der Waals surface area contributed by atoms with Crippen molar-refractivity contribution in [2.24, 2.45) is 0 Å². The van der Waals surface area contributed by atoms with Crippen LogP contribution in [0.25, 0.3) is 22.2 Å². The van der Waals surface area contributed by atoms with E-state index in [0.717, 1.165) is 33.5 Å². The number of ether oxygens (including phenoxy) is 1. The summed E-state index contributed by atoms with van der Waals surface area (Å²) in [6.07, 6.45) is 3.46. The minimum absolute atomic E-state index is 0.144. The van der Waals surface area contributed by atoms with Crippen molar-refractivity contribution in [2.45, 2.75) is 13.5 Å². The number of hydrogen-bond acceptors (Lipinski definition) is 4. The van der Waals surface area contributed by atoms with Crippen molar-refractivity contribution in [3.63, 3.8) is 0 Å². The minimum atomic E-state index is -0.144. The molecule has 144 valence electrons. The van der Waals surface area contributed by atoms with Crippen LogP contribution in [0.1, 0.15) is 22.8 Å². The van der Waals surface area contributed by atoms with Gasteiger partial charge in [-0.25, -0.2) is 4.98 Å². The average molecular weight is 383 g/mol. The van der Waals surface area contributed by atoms with Crippen LogP contribution in [0.4, 0.5) is 0 Å². The number of amides is 1. The molecule has 29 heavy (non-hydrogen) atoms. The van der Waals surface area contributed by atoms with Crippen molar-refractivity contribution in [1.29, 1.82) is 0 Å². The number of hydrogen-bond donors (Lipinski definition) is 1. The van der Waals surface area contributed by atoms with Crippen LogP contribution in [0.15, 0.2) is 79.1 Å². The summed E-state index contributed by atoms with van der Waals surface area (Å²) >= 11 is 0. The van der Waals surface area contributed by atoms with Gasteiger partial charge in [0.05, 0.1) is 23.4 Å². The number of nitrogens with one attached hydrogen (secondary N) is 1. The van der Waals surface area contributed by atoms with Gasteiger partial charge < -0.3 is 10.1 Å². The number of nitrogens with zero attached hydrogens (tertiary/aromatic N) is 2. The fourth-order valence-corrected chi connectivity index (χ4v) is 3.20. The van der Waals surface area contributed by atoms with Gasteiger partial charge in [0, 0.05) is 29.9 Å². The summed E-state index contributed by atoms with van der Waals surface area (Å²) in [6, 6.07) is 21.1. The second-order valence-corrected chi connectivity index (χ2v) is 6.58. The van der Waals surface area contributed by atoms with Crippen LogP contribution < -0.4 is 10.1 Å². The first-order valence-corrected chi connectivity index (χ1v) is 9.54. The van der Waals surface area contributed by atoms with Gasteiger partial charge in [-0.1, -0.05) is 36.4 Å². The average Bonchev–Trinajstić information content (AvgIpc) is 2.78. The number of carbonyl (C=O) groups excluding carboxylic acids is 1. The number of fused-ring (bicyclic) bond motifs is 1. The molecule has 4 aromatic rings. The Balaban J connectivity index is 1.71. The number of carbonyl (C=O) groups is 1. The van der Waals surface area contributed by atoms with Crippen molar-refractivity contribution in [3.8, 4) is 17.0 Å². The van der Waals surface area contributed by atoms with E-state index in [9.17, 15) is 4.79 Å². The predicted molar refractivity (Wildman–Crippen MR) is 114 cm³/mol. The molecule has 5 nitrogen and oxygen atoms in total. The molecule has 1 N–H and O–H groups in total. The van der Waals surface area contributed by atoms with Gasteiger partial charge in [-0.15, -0.1) is 0 Å². The molecule has 0 aliphatic heterocycles. The van der Waals surface area contributed by atoms with Crippen LogP contribution in [0.5, 0.6) is 5.75 Å². The van der Waals surface area contributed by atoms with Gasteiger partial charge in [-0.3, -0.25) is 9.78 Å². The van der Waals surface area contributed by atoms with Crippen LogP contribution >= 0.6 is 0 Å². The smallest absolute Gasteiger partial charge is 0.252 e. The van der Waals surface area contributed by atoms with Gasteiger partial charge in [0.1, 0.15) is 5.75 Å². The van der Waals surface area contributed by atoms with Crippen LogP contribution in [0, 0.1) is 0 Å². The molecule has 2 aromatic heterocycles. The lowest BCUT2D eigenvalue weighted by atomic mass is 10.0. The summed E-state index contributed by atoms with van der Waals surface area (Å²) in [4.78, 5) is 21.9. The summed E-state index contributed by atoms with van der Waals surface area (Å²) in [5.74, 6) is 0.636. The van der Waals surface area contributed by atoms with Gasteiger partial charge in [0.25, 0.3) is 5.91 Å². The number of benzene rings is 2. The van der Waals surface area contributed by atoms with Crippen LogP contribution in [0.2, 0.25) is 0 Å². The first-order chi connectivity index (χ1) is 14.2. The van der Waals surface area contributed by atoms with E-state index in [-0.39, 0.29) is 5.91 Å². The predicted octanol–water partition coefficient (Wildman–Crippen LogP) is 4.63. The number of pyridine rings is 2. The molecule has 4 rings (SSSR count). The molecule has 1 amide bonds. The van der Waals surface area contributed by atoms with E-state index in [2.05, 4.69) is 10.3 Å². The first-order valence-electron chi connectivity index (χ1n) is 9.54. The molecule has 0 unspecified atom stereocenters. The summed E-state index contributed by atoms with van der Waals surface area (Å²) in [5, 5.41) is 3.81. The van der Waals surface area contributed by atoms with Gasteiger partial charge in [0.15, 0.2) is 0 Å². The maximum atomic E-state index is 13.0. The molecule has 0 bridgehead atoms. The van der Waals surface area contributed by atoms with Gasteiger partial charge in [-0.05, 0) is 42.8 Å². The molecule has 2 heterocycles. The maximum Gasteiger partial charge on any atom is 0.252 e. The SMILES string of the molecule is CCOc1cccc(-c2cc(C(=O)NCc3cccnc3)c3ccccc3n2)c1. The second kappa shape index (κ2) is 8.52. The lowest BCUT2D eigenvalue weighted by molar-refractivity contribution is 0.0952. The first kappa shape index (κ1) is 18.6. The zero-order valence-electron chi connectivity index (χ0n) is 16.1. The minimum Gasteiger partial charge on any atom is -0.494 e. The molecule has 5 heteroatoms. The quantitative estimate of drug-likeness (QED) is 0.527. The van der Waals surface area contributed by atoms with Crippen molar-refractivity contribution in [1.82, 2.24) is 15.3 Å². The molecule has 0 saturated carbocycles. The molecule has 0 atom stereocenters. The highest BCUT2D eigenvalue weighted by molar-refractivity contribution is 6.07. The van der Waals surface area contributed by atoms with Crippen molar-refractivity contribution < 1.29 is 9.53 Å². The Hall–Kier alpha value is -3.73. The molecule has 0 fully saturated rings. The molecule has 0 saturated heterocycles. The monoisotopic (exact) mass is 383 g/mol. The molecular formula is C24H21N3O2. The third-order valence-corrected chi connectivity index (χ3v) is 4.58. The molecule has 0 aliphatic rings. The molecule has 2 aromatic carbocycles. The lowest BCUT2D eigenvalue weighted by Crippen LogP contribution is -2.23. The lowest BCUT2D eigenvalue weighted by Gasteiger charge is -2.11. The largest absolute Gasteiger partial charge is 0.494 e. The highest BCUT2D eigenvalue weighted by Crippen LogP contribution is 2.27. The Morgan fingerprint density at radius 3 is 2.76 bits per heavy atom. The fraction of sp³-hybridized carbons (Fsp3) is 0.125. The molecule has 0 spiro atoms. The van der Waals surface area contributed by atoms with Gasteiger partial charge >= 0.3 is 0 Å². The number of para-hydroxylation sites is 1. The number of rotatable bonds is 6. The van der Waals surface area contributed by atoms with Gasteiger partial charge in [0.2, 0.25) is 0 Å². The maximum absolute atomic E-state index is 13.0. The second-order valence-electron chi connectivity index (χ2n) is 6.58. The van der Waals surface area contributed by atoms with Crippen LogP contribution in [-0.2, 0) is 6.54 Å². The van der Waals surface area contributed by atoms with E-state index in [1.807, 2.05) is 73.7 Å². The van der Waals surface area contributed by atoms with E-state index >= 15 is 0 Å². The standard InChI is InChI=1S/C24H21N3O2/c1-2-29-19-9-5-8-18(13-19)23-14-21(20-10-3-4-11-22(20)27-23)24(28)26-16-17-7-6-12-25-15-17/h3-15H,2,16H2,1H3,(H,26,28). The zero-order valence-corrected chi connectivity index (χ0v) is 16.1. The summed E-state index contributed by atoms with van der Waals surface area (Å²) in [7, 11) is 0. The van der Waals surface area contributed by atoms with E-state index in [0.29, 0.717) is 18.7 Å². The van der Waals surface area contributed by atoms with E-state index < -0.39 is 0 Å². The molecule has 0 radical (unpaired) electrons. The molecule has 0 aliphatic carbocycles. The Morgan fingerprint density at radius 2 is 1.93 bits per heavy atom. The highest BCUT2D eigenvalue weighted by atomic mass is 16.5. The van der Waals surface area contributed by atoms with E-state index in [4.69, 9.17) is 9.72 Å².